The highest BCUT2D eigenvalue weighted by Crippen LogP contribution is 2.16. The first-order chi connectivity index (χ1) is 14.8. The predicted octanol–water partition coefficient (Wildman–Crippen LogP) is 2.38. The van der Waals surface area contributed by atoms with Gasteiger partial charge in [0.1, 0.15) is 5.82 Å². The van der Waals surface area contributed by atoms with Crippen molar-refractivity contribution in [3.8, 4) is 11.3 Å². The molecule has 0 saturated carbocycles. The maximum atomic E-state index is 13.1. The van der Waals surface area contributed by atoms with Gasteiger partial charge in [0.15, 0.2) is 0 Å². The number of anilines is 1. The van der Waals surface area contributed by atoms with Crippen molar-refractivity contribution >= 4 is 21.6 Å². The highest BCUT2D eigenvalue weighted by atomic mass is 32.2. The van der Waals surface area contributed by atoms with Gasteiger partial charge < -0.3 is 5.32 Å². The number of carbonyl (C=O) groups is 1. The van der Waals surface area contributed by atoms with E-state index in [0.717, 1.165) is 4.68 Å². The van der Waals surface area contributed by atoms with Crippen LogP contribution in [0, 0.1) is 5.82 Å². The van der Waals surface area contributed by atoms with Crippen molar-refractivity contribution < 1.29 is 17.6 Å². The Labute approximate surface area is 178 Å². The van der Waals surface area contributed by atoms with E-state index in [2.05, 4.69) is 15.1 Å². The van der Waals surface area contributed by atoms with E-state index in [1.165, 1.54) is 48.5 Å². The van der Waals surface area contributed by atoms with E-state index in [1.807, 2.05) is 0 Å². The van der Waals surface area contributed by atoms with Crippen LogP contribution in [0.2, 0.25) is 0 Å². The minimum atomic E-state index is -3.81. The molecule has 31 heavy (non-hydrogen) atoms. The number of amides is 1. The molecule has 2 aromatic carbocycles. The molecule has 10 heteroatoms. The van der Waals surface area contributed by atoms with Gasteiger partial charge in [-0.2, -0.15) is 5.10 Å². The molecule has 162 valence electrons. The number of aromatic nitrogens is 2. The number of rotatable bonds is 8. The Kier molecular flexibility index (Phi) is 6.93. The van der Waals surface area contributed by atoms with Crippen LogP contribution in [-0.2, 0) is 21.4 Å². The van der Waals surface area contributed by atoms with E-state index in [-0.39, 0.29) is 35.3 Å². The number of hydrogen-bond acceptors (Lipinski definition) is 5. The van der Waals surface area contributed by atoms with Crippen molar-refractivity contribution in [1.29, 1.82) is 0 Å². The molecule has 3 rings (SSSR count). The number of nitrogens with zero attached hydrogens (tertiary/aromatic N) is 2. The van der Waals surface area contributed by atoms with Gasteiger partial charge in [-0.05, 0) is 54.6 Å². The van der Waals surface area contributed by atoms with E-state index in [4.69, 9.17) is 0 Å². The van der Waals surface area contributed by atoms with Crippen molar-refractivity contribution in [2.75, 3.05) is 11.9 Å². The third-order valence-electron chi connectivity index (χ3n) is 4.39. The predicted molar refractivity (Wildman–Crippen MR) is 114 cm³/mol. The average Bonchev–Trinajstić information content (AvgIpc) is 2.76. The molecule has 0 bridgehead atoms. The second-order valence-corrected chi connectivity index (χ2v) is 8.38. The molecule has 0 saturated heterocycles. The lowest BCUT2D eigenvalue weighted by Crippen LogP contribution is -2.32. The maximum Gasteiger partial charge on any atom is 0.266 e. The normalized spacial score (nSPS) is 11.3. The molecule has 2 N–H and O–H groups in total. The third kappa shape index (κ3) is 5.83. The molecule has 0 unspecified atom stereocenters. The van der Waals surface area contributed by atoms with Crippen LogP contribution in [0.1, 0.15) is 13.3 Å². The topological polar surface area (TPSA) is 110 Å². The van der Waals surface area contributed by atoms with Crippen LogP contribution in [0.3, 0.4) is 0 Å². The van der Waals surface area contributed by atoms with Crippen molar-refractivity contribution in [3.05, 3.63) is 76.8 Å². The van der Waals surface area contributed by atoms with Gasteiger partial charge in [0.2, 0.25) is 15.9 Å². The highest BCUT2D eigenvalue weighted by molar-refractivity contribution is 7.89. The van der Waals surface area contributed by atoms with E-state index in [0.29, 0.717) is 23.4 Å². The van der Waals surface area contributed by atoms with E-state index in [1.54, 1.807) is 19.1 Å². The molecule has 0 fully saturated rings. The van der Waals surface area contributed by atoms with Crippen LogP contribution < -0.4 is 15.6 Å². The van der Waals surface area contributed by atoms with Crippen molar-refractivity contribution in [1.82, 2.24) is 14.5 Å². The SMILES string of the molecule is CCC(=O)Nc1ccc(S(=O)(=O)NCCn2nc(-c3ccc(F)cc3)ccc2=O)cc1. The molecule has 0 radical (unpaired) electrons. The summed E-state index contributed by atoms with van der Waals surface area (Å²) < 4.78 is 41.6. The number of benzene rings is 2. The molecule has 1 amide bonds. The molecular weight excluding hydrogens is 423 g/mol. The van der Waals surface area contributed by atoms with Crippen LogP contribution in [0.15, 0.2) is 70.4 Å². The molecule has 0 aliphatic rings. The summed E-state index contributed by atoms with van der Waals surface area (Å²) in [6.07, 6.45) is 0.317. The molecular formula is C21H21FN4O4S. The van der Waals surface area contributed by atoms with Crippen LogP contribution in [0.5, 0.6) is 0 Å². The van der Waals surface area contributed by atoms with Crippen LogP contribution >= 0.6 is 0 Å². The van der Waals surface area contributed by atoms with Crippen LogP contribution in [-0.4, -0.2) is 30.7 Å². The fraction of sp³-hybridized carbons (Fsp3) is 0.190. The number of carbonyl (C=O) groups excluding carboxylic acids is 1. The van der Waals surface area contributed by atoms with Crippen LogP contribution in [0.25, 0.3) is 11.3 Å². The molecule has 3 aromatic rings. The number of halogens is 1. The lowest BCUT2D eigenvalue weighted by Gasteiger charge is -2.10. The van der Waals surface area contributed by atoms with E-state index >= 15 is 0 Å². The van der Waals surface area contributed by atoms with Crippen molar-refractivity contribution in [2.24, 2.45) is 0 Å². The first-order valence-electron chi connectivity index (χ1n) is 9.52. The first kappa shape index (κ1) is 22.3. The second-order valence-electron chi connectivity index (χ2n) is 6.61. The maximum absolute atomic E-state index is 13.1. The number of sulfonamides is 1. The Morgan fingerprint density at radius 3 is 2.35 bits per heavy atom. The monoisotopic (exact) mass is 444 g/mol. The fourth-order valence-electron chi connectivity index (χ4n) is 2.72. The Balaban J connectivity index is 1.66. The third-order valence-corrected chi connectivity index (χ3v) is 5.87. The zero-order valence-corrected chi connectivity index (χ0v) is 17.5. The summed E-state index contributed by atoms with van der Waals surface area (Å²) >= 11 is 0. The first-order valence-corrected chi connectivity index (χ1v) is 11.0. The van der Waals surface area contributed by atoms with E-state index < -0.39 is 10.0 Å². The van der Waals surface area contributed by atoms with Gasteiger partial charge in [-0.1, -0.05) is 6.92 Å². The number of nitrogens with one attached hydrogen (secondary N) is 2. The van der Waals surface area contributed by atoms with Gasteiger partial charge in [0, 0.05) is 30.3 Å². The Morgan fingerprint density at radius 2 is 1.71 bits per heavy atom. The van der Waals surface area contributed by atoms with Gasteiger partial charge in [0.05, 0.1) is 17.1 Å². The minimum absolute atomic E-state index is 0.0116. The van der Waals surface area contributed by atoms with Gasteiger partial charge in [-0.3, -0.25) is 9.59 Å². The molecule has 0 aliphatic carbocycles. The summed E-state index contributed by atoms with van der Waals surface area (Å²) in [5.74, 6) is -0.554. The Morgan fingerprint density at radius 1 is 1.03 bits per heavy atom. The van der Waals surface area contributed by atoms with Gasteiger partial charge in [-0.25, -0.2) is 22.2 Å². The lowest BCUT2D eigenvalue weighted by atomic mass is 10.1. The smallest absolute Gasteiger partial charge is 0.266 e. The molecule has 1 aromatic heterocycles. The standard InChI is InChI=1S/C21H21FN4O4S/c1-2-20(27)24-17-7-9-18(10-8-17)31(29,30)23-13-14-26-21(28)12-11-19(25-26)15-3-5-16(22)6-4-15/h3-12,23H,2,13-14H2,1H3,(H,24,27). The Hall–Kier alpha value is -3.37. The summed E-state index contributed by atoms with van der Waals surface area (Å²) in [5.41, 5.74) is 1.21. The largest absolute Gasteiger partial charge is 0.326 e. The van der Waals surface area contributed by atoms with E-state index in [9.17, 15) is 22.4 Å². The fourth-order valence-corrected chi connectivity index (χ4v) is 3.74. The van der Waals surface area contributed by atoms with Crippen molar-refractivity contribution in [2.45, 2.75) is 24.8 Å². The van der Waals surface area contributed by atoms with Crippen LogP contribution in [0.4, 0.5) is 10.1 Å². The quantitative estimate of drug-likeness (QED) is 0.554. The zero-order valence-electron chi connectivity index (χ0n) is 16.7. The molecule has 0 spiro atoms. The molecule has 0 aliphatic heterocycles. The van der Waals surface area contributed by atoms with Gasteiger partial charge in [0.25, 0.3) is 5.56 Å². The van der Waals surface area contributed by atoms with Gasteiger partial charge in [-0.15, -0.1) is 0 Å². The molecule has 1 heterocycles. The summed E-state index contributed by atoms with van der Waals surface area (Å²) in [6, 6.07) is 14.3. The Bertz CT molecular complexity index is 1220. The second kappa shape index (κ2) is 9.63. The highest BCUT2D eigenvalue weighted by Gasteiger charge is 2.14. The molecule has 0 atom stereocenters. The summed E-state index contributed by atoms with van der Waals surface area (Å²) in [5, 5.41) is 6.86. The van der Waals surface area contributed by atoms with Crippen molar-refractivity contribution in [3.63, 3.8) is 0 Å². The lowest BCUT2D eigenvalue weighted by molar-refractivity contribution is -0.115. The molecule has 8 nitrogen and oxygen atoms in total. The van der Waals surface area contributed by atoms with Gasteiger partial charge >= 0.3 is 0 Å². The zero-order chi connectivity index (χ0) is 22.4. The average molecular weight is 444 g/mol. The minimum Gasteiger partial charge on any atom is -0.326 e. The summed E-state index contributed by atoms with van der Waals surface area (Å²) in [6.45, 7) is 1.67. The summed E-state index contributed by atoms with van der Waals surface area (Å²) in [4.78, 5) is 23.5. The number of hydrogen-bond donors (Lipinski definition) is 2. The summed E-state index contributed by atoms with van der Waals surface area (Å²) in [7, 11) is -3.81.